The summed E-state index contributed by atoms with van der Waals surface area (Å²) in [6.45, 7) is 7.78. The number of rotatable bonds is 6. The number of piperazine rings is 1. The Morgan fingerprint density at radius 1 is 1.14 bits per heavy atom. The van der Waals surface area contributed by atoms with Gasteiger partial charge in [-0.15, -0.1) is 0 Å². The van der Waals surface area contributed by atoms with E-state index < -0.39 is 6.10 Å². The molecule has 0 bridgehead atoms. The fraction of sp³-hybridized carbons (Fsp3) is 0.444. The predicted octanol–water partition coefficient (Wildman–Crippen LogP) is 3.95. The first-order valence-electron chi connectivity index (χ1n) is 12.5. The van der Waals surface area contributed by atoms with E-state index >= 15 is 0 Å². The van der Waals surface area contributed by atoms with Crippen LogP contribution in [0.25, 0.3) is 11.4 Å². The van der Waals surface area contributed by atoms with Crippen molar-refractivity contribution in [3.63, 3.8) is 0 Å². The quantitative estimate of drug-likeness (QED) is 0.554. The van der Waals surface area contributed by atoms with Gasteiger partial charge < -0.3 is 29.1 Å². The lowest BCUT2D eigenvalue weighted by Gasteiger charge is -2.37. The first-order chi connectivity index (χ1) is 17.4. The number of hydrogen-bond acceptors (Lipinski definition) is 8. The summed E-state index contributed by atoms with van der Waals surface area (Å²) >= 11 is 0. The van der Waals surface area contributed by atoms with Gasteiger partial charge in [0.15, 0.2) is 6.10 Å². The maximum atomic E-state index is 13.1. The summed E-state index contributed by atoms with van der Waals surface area (Å²) in [4.78, 5) is 22.2. The van der Waals surface area contributed by atoms with Crippen molar-refractivity contribution in [3.8, 4) is 22.9 Å². The molecular formula is C27H33N5O4. The Hall–Kier alpha value is -3.59. The van der Waals surface area contributed by atoms with Crippen LogP contribution >= 0.6 is 0 Å². The molecule has 1 N–H and O–H groups in total. The third-order valence-electron chi connectivity index (χ3n) is 6.77. The van der Waals surface area contributed by atoms with E-state index in [-0.39, 0.29) is 11.8 Å². The average Bonchev–Trinajstić information content (AvgIpc) is 3.39. The van der Waals surface area contributed by atoms with E-state index in [1.165, 1.54) is 0 Å². The Morgan fingerprint density at radius 3 is 2.56 bits per heavy atom. The normalized spacial score (nSPS) is 18.0. The Kier molecular flexibility index (Phi) is 6.82. The molecule has 1 fully saturated rings. The van der Waals surface area contributed by atoms with Crippen LogP contribution in [0.2, 0.25) is 0 Å². The molecular weight excluding hydrogens is 458 g/mol. The molecule has 0 radical (unpaired) electrons. The van der Waals surface area contributed by atoms with Crippen molar-refractivity contribution in [2.24, 2.45) is 0 Å². The molecule has 0 spiro atoms. The number of amides is 1. The van der Waals surface area contributed by atoms with Crippen molar-refractivity contribution in [3.05, 3.63) is 47.9 Å². The minimum atomic E-state index is -0.567. The maximum Gasteiger partial charge on any atom is 0.265 e. The van der Waals surface area contributed by atoms with Crippen LogP contribution < -0.4 is 19.7 Å². The number of ether oxygens (including phenoxy) is 2. The number of likely N-dealkylation sites (N-methyl/N-ethyl adjacent to an activating group) is 1. The Labute approximate surface area is 211 Å². The lowest BCUT2D eigenvalue weighted by molar-refractivity contribution is -0.123. The minimum Gasteiger partial charge on any atom is -0.497 e. The minimum absolute atomic E-state index is 0.157. The maximum absolute atomic E-state index is 13.1. The van der Waals surface area contributed by atoms with Gasteiger partial charge in [0.25, 0.3) is 5.91 Å². The van der Waals surface area contributed by atoms with Crippen LogP contribution in [0.3, 0.4) is 0 Å². The first kappa shape index (κ1) is 24.1. The van der Waals surface area contributed by atoms with E-state index in [4.69, 9.17) is 14.0 Å². The number of carbonyl (C=O) groups is 1. The number of fused-ring (bicyclic) bond motifs is 1. The van der Waals surface area contributed by atoms with Gasteiger partial charge in [-0.1, -0.05) is 19.0 Å². The first-order valence-corrected chi connectivity index (χ1v) is 12.5. The van der Waals surface area contributed by atoms with Crippen LogP contribution in [-0.4, -0.2) is 67.4 Å². The smallest absolute Gasteiger partial charge is 0.265 e. The number of aryl methyl sites for hydroxylation is 1. The summed E-state index contributed by atoms with van der Waals surface area (Å²) in [6.07, 6.45) is 0.788. The van der Waals surface area contributed by atoms with Crippen molar-refractivity contribution in [2.75, 3.05) is 50.6 Å². The largest absolute Gasteiger partial charge is 0.497 e. The van der Waals surface area contributed by atoms with Crippen LogP contribution in [0.15, 0.2) is 40.9 Å². The highest BCUT2D eigenvalue weighted by Gasteiger charge is 2.31. The molecule has 9 nitrogen and oxygen atoms in total. The molecule has 9 heteroatoms. The zero-order valence-corrected chi connectivity index (χ0v) is 21.3. The van der Waals surface area contributed by atoms with Crippen LogP contribution in [0.1, 0.15) is 37.6 Å². The zero-order valence-electron chi connectivity index (χ0n) is 21.3. The summed E-state index contributed by atoms with van der Waals surface area (Å²) in [5, 5.41) is 7.05. The summed E-state index contributed by atoms with van der Waals surface area (Å²) in [6, 6.07) is 11.5. The van der Waals surface area contributed by atoms with Gasteiger partial charge in [-0.05, 0) is 50.2 Å². The van der Waals surface area contributed by atoms with E-state index in [9.17, 15) is 4.79 Å². The van der Waals surface area contributed by atoms with Crippen molar-refractivity contribution >= 4 is 17.3 Å². The second-order valence-electron chi connectivity index (χ2n) is 9.75. The van der Waals surface area contributed by atoms with Crippen LogP contribution in [0.5, 0.6) is 11.5 Å². The molecule has 3 aromatic rings. The van der Waals surface area contributed by atoms with Gasteiger partial charge in [0.1, 0.15) is 11.5 Å². The Bertz CT molecular complexity index is 1220. The molecule has 2 aromatic carbocycles. The van der Waals surface area contributed by atoms with Gasteiger partial charge in [0.05, 0.1) is 12.8 Å². The Balaban J connectivity index is 1.29. The van der Waals surface area contributed by atoms with Crippen molar-refractivity contribution in [1.82, 2.24) is 15.0 Å². The van der Waals surface area contributed by atoms with Gasteiger partial charge in [0, 0.05) is 55.0 Å². The van der Waals surface area contributed by atoms with Gasteiger partial charge in [-0.3, -0.25) is 4.79 Å². The molecule has 1 unspecified atom stereocenters. The summed E-state index contributed by atoms with van der Waals surface area (Å²) < 4.78 is 17.2. The fourth-order valence-electron chi connectivity index (χ4n) is 4.55. The van der Waals surface area contributed by atoms with E-state index in [2.05, 4.69) is 32.3 Å². The van der Waals surface area contributed by atoms with Crippen LogP contribution in [-0.2, 0) is 11.2 Å². The average molecular weight is 492 g/mol. The van der Waals surface area contributed by atoms with Gasteiger partial charge in [0.2, 0.25) is 11.7 Å². The SMILES string of the molecule is COc1cc2c(c(N3CCN(C)CC3)c1)OC(C(=O)Nc1ccc(-c3noc(C(C)C)n3)cc1)CC2. The molecule has 1 amide bonds. The highest BCUT2D eigenvalue weighted by atomic mass is 16.5. The molecule has 5 rings (SSSR count). The van der Waals surface area contributed by atoms with Crippen molar-refractivity contribution < 1.29 is 18.8 Å². The molecule has 2 aliphatic rings. The number of hydrogen-bond donors (Lipinski definition) is 1. The van der Waals surface area contributed by atoms with E-state index in [1.807, 2.05) is 50.2 Å². The second kappa shape index (κ2) is 10.2. The number of methoxy groups -OCH3 is 1. The second-order valence-corrected chi connectivity index (χ2v) is 9.75. The van der Waals surface area contributed by atoms with Gasteiger partial charge in [-0.2, -0.15) is 4.98 Å². The number of aromatic nitrogens is 2. The van der Waals surface area contributed by atoms with E-state index in [0.29, 0.717) is 23.8 Å². The molecule has 0 saturated carbocycles. The van der Waals surface area contributed by atoms with E-state index in [1.54, 1.807) is 7.11 Å². The van der Waals surface area contributed by atoms with Crippen LogP contribution in [0, 0.1) is 0 Å². The topological polar surface area (TPSA) is 93.0 Å². The number of carbonyl (C=O) groups excluding carboxylic acids is 1. The highest BCUT2D eigenvalue weighted by molar-refractivity contribution is 5.95. The molecule has 2 aliphatic heterocycles. The third kappa shape index (κ3) is 5.02. The molecule has 36 heavy (non-hydrogen) atoms. The van der Waals surface area contributed by atoms with Crippen LogP contribution in [0.4, 0.5) is 11.4 Å². The molecule has 1 saturated heterocycles. The third-order valence-corrected chi connectivity index (χ3v) is 6.77. The summed E-state index contributed by atoms with van der Waals surface area (Å²) in [5.41, 5.74) is 3.61. The molecule has 1 aromatic heterocycles. The van der Waals surface area contributed by atoms with E-state index in [0.717, 1.165) is 60.9 Å². The van der Waals surface area contributed by atoms with Crippen molar-refractivity contribution in [2.45, 2.75) is 38.7 Å². The number of nitrogens with one attached hydrogen (secondary N) is 1. The lowest BCUT2D eigenvalue weighted by Crippen LogP contribution is -2.45. The van der Waals surface area contributed by atoms with Gasteiger partial charge >= 0.3 is 0 Å². The fourth-order valence-corrected chi connectivity index (χ4v) is 4.55. The molecule has 1 atom stereocenters. The number of nitrogens with zero attached hydrogens (tertiary/aromatic N) is 4. The molecule has 0 aliphatic carbocycles. The highest BCUT2D eigenvalue weighted by Crippen LogP contribution is 2.41. The standard InChI is InChI=1S/C27H33N5O4/c1-17(2)27-29-25(30-36-27)18-5-8-20(9-6-18)28-26(33)23-10-7-19-15-21(34-4)16-22(24(19)35-23)32-13-11-31(3)12-14-32/h5-6,8-9,15-17,23H,7,10-14H2,1-4H3,(H,28,33). The monoisotopic (exact) mass is 491 g/mol. The summed E-state index contributed by atoms with van der Waals surface area (Å²) in [5.74, 6) is 2.76. The molecule has 3 heterocycles. The Morgan fingerprint density at radius 2 is 1.89 bits per heavy atom. The van der Waals surface area contributed by atoms with Crippen molar-refractivity contribution in [1.29, 1.82) is 0 Å². The van der Waals surface area contributed by atoms with Gasteiger partial charge in [-0.25, -0.2) is 0 Å². The molecule has 190 valence electrons. The zero-order chi connectivity index (χ0) is 25.2. The summed E-state index contributed by atoms with van der Waals surface area (Å²) in [7, 11) is 3.81. The lowest BCUT2D eigenvalue weighted by atomic mass is 9.99. The number of benzene rings is 2. The predicted molar refractivity (Wildman–Crippen MR) is 138 cm³/mol. The number of anilines is 2.